The molecule has 6 nitrogen and oxygen atoms in total. The molecule has 3 heterocycles. The third-order valence-corrected chi connectivity index (χ3v) is 5.41. The highest BCUT2D eigenvalue weighted by Gasteiger charge is 2.30. The predicted octanol–water partition coefficient (Wildman–Crippen LogP) is 3.51. The molecule has 0 aliphatic carbocycles. The van der Waals surface area contributed by atoms with E-state index in [4.69, 9.17) is 4.42 Å². The number of carbonyl (C=O) groups excluding carboxylic acids is 1. The summed E-state index contributed by atoms with van der Waals surface area (Å²) in [7, 11) is 0. The molecule has 1 unspecified atom stereocenters. The third kappa shape index (κ3) is 2.69. The fraction of sp³-hybridized carbons (Fsp3) is 0.227. The Labute approximate surface area is 161 Å². The number of hydrogen-bond acceptors (Lipinski definition) is 4. The molecule has 1 atom stereocenters. The molecule has 6 heteroatoms. The van der Waals surface area contributed by atoms with E-state index in [1.165, 1.54) is 10.9 Å². The van der Waals surface area contributed by atoms with Gasteiger partial charge < -0.3 is 9.32 Å². The zero-order valence-electron chi connectivity index (χ0n) is 15.2. The van der Waals surface area contributed by atoms with Gasteiger partial charge in [-0.05, 0) is 30.5 Å². The average Bonchev–Trinajstić information content (AvgIpc) is 3.36. The third-order valence-electron chi connectivity index (χ3n) is 5.41. The summed E-state index contributed by atoms with van der Waals surface area (Å²) in [4.78, 5) is 32.1. The Hall–Kier alpha value is -3.41. The van der Waals surface area contributed by atoms with Gasteiger partial charge in [-0.3, -0.25) is 14.2 Å². The molecule has 1 aliphatic heterocycles. The van der Waals surface area contributed by atoms with Crippen LogP contribution in [0.1, 0.15) is 24.4 Å². The van der Waals surface area contributed by atoms with Crippen molar-refractivity contribution in [1.29, 1.82) is 0 Å². The van der Waals surface area contributed by atoms with Crippen LogP contribution in [0.2, 0.25) is 0 Å². The molecule has 1 amide bonds. The number of amides is 1. The van der Waals surface area contributed by atoms with Crippen LogP contribution in [0.15, 0.2) is 70.1 Å². The second kappa shape index (κ2) is 6.64. The summed E-state index contributed by atoms with van der Waals surface area (Å²) in [6, 6.07) is 17.5. The van der Waals surface area contributed by atoms with Crippen molar-refractivity contribution in [3.63, 3.8) is 0 Å². The molecular formula is C22H19N3O3. The van der Waals surface area contributed by atoms with Gasteiger partial charge in [-0.2, -0.15) is 0 Å². The average molecular weight is 373 g/mol. The first kappa shape index (κ1) is 16.7. The van der Waals surface area contributed by atoms with E-state index in [1.807, 2.05) is 53.4 Å². The molecule has 0 spiro atoms. The molecule has 5 rings (SSSR count). The van der Waals surface area contributed by atoms with Gasteiger partial charge in [0.05, 0.1) is 12.4 Å². The van der Waals surface area contributed by atoms with Crippen molar-refractivity contribution in [2.45, 2.75) is 25.4 Å². The van der Waals surface area contributed by atoms with Gasteiger partial charge >= 0.3 is 0 Å². The molecule has 140 valence electrons. The van der Waals surface area contributed by atoms with E-state index in [9.17, 15) is 9.59 Å². The number of para-hydroxylation sites is 1. The van der Waals surface area contributed by atoms with Gasteiger partial charge in [-0.1, -0.05) is 42.5 Å². The van der Waals surface area contributed by atoms with E-state index in [0.717, 1.165) is 23.8 Å². The second-order valence-corrected chi connectivity index (χ2v) is 7.11. The Balaban J connectivity index is 1.46. The Morgan fingerprint density at radius 2 is 1.89 bits per heavy atom. The fourth-order valence-corrected chi connectivity index (χ4v) is 4.05. The van der Waals surface area contributed by atoms with E-state index in [1.54, 1.807) is 6.07 Å². The van der Waals surface area contributed by atoms with Crippen molar-refractivity contribution in [2.24, 2.45) is 0 Å². The minimum Gasteiger partial charge on any atom is -0.448 e. The van der Waals surface area contributed by atoms with Gasteiger partial charge in [-0.15, -0.1) is 0 Å². The topological polar surface area (TPSA) is 68.3 Å². The number of benzene rings is 2. The van der Waals surface area contributed by atoms with Crippen LogP contribution in [-0.4, -0.2) is 26.9 Å². The monoisotopic (exact) mass is 373 g/mol. The molecule has 1 aliphatic rings. The van der Waals surface area contributed by atoms with Crippen LogP contribution in [-0.2, 0) is 11.3 Å². The van der Waals surface area contributed by atoms with E-state index in [0.29, 0.717) is 17.6 Å². The summed E-state index contributed by atoms with van der Waals surface area (Å²) in [6.07, 6.45) is 3.34. The molecule has 0 bridgehead atoms. The van der Waals surface area contributed by atoms with Gasteiger partial charge in [0.1, 0.15) is 17.6 Å². The maximum Gasteiger partial charge on any atom is 0.297 e. The van der Waals surface area contributed by atoms with E-state index < -0.39 is 0 Å². The smallest absolute Gasteiger partial charge is 0.297 e. The zero-order valence-corrected chi connectivity index (χ0v) is 15.2. The first-order valence-corrected chi connectivity index (χ1v) is 9.43. The van der Waals surface area contributed by atoms with Crippen LogP contribution in [0.25, 0.3) is 22.1 Å². The highest BCUT2D eigenvalue weighted by Crippen LogP contribution is 2.32. The highest BCUT2D eigenvalue weighted by atomic mass is 16.3. The number of hydrogen-bond donors (Lipinski definition) is 0. The van der Waals surface area contributed by atoms with Crippen LogP contribution in [0, 0.1) is 0 Å². The summed E-state index contributed by atoms with van der Waals surface area (Å²) < 4.78 is 7.04. The van der Waals surface area contributed by atoms with E-state index >= 15 is 0 Å². The first-order chi connectivity index (χ1) is 13.7. The molecular weight excluding hydrogens is 354 g/mol. The van der Waals surface area contributed by atoms with Gasteiger partial charge in [0.2, 0.25) is 11.5 Å². The summed E-state index contributed by atoms with van der Waals surface area (Å²) >= 11 is 0. The van der Waals surface area contributed by atoms with E-state index in [2.05, 4.69) is 4.98 Å². The Morgan fingerprint density at radius 1 is 1.11 bits per heavy atom. The lowest BCUT2D eigenvalue weighted by Gasteiger charge is -2.25. The molecule has 0 radical (unpaired) electrons. The molecule has 1 fully saturated rings. The minimum absolute atomic E-state index is 0.0395. The Kier molecular flexibility index (Phi) is 3.97. The largest absolute Gasteiger partial charge is 0.448 e. The number of nitrogens with zero attached hydrogens (tertiary/aromatic N) is 3. The number of carbonyl (C=O) groups is 1. The van der Waals surface area contributed by atoms with E-state index in [-0.39, 0.29) is 29.6 Å². The number of likely N-dealkylation sites (tertiary alicyclic amines) is 1. The maximum atomic E-state index is 13.0. The minimum atomic E-state index is -0.329. The maximum absolute atomic E-state index is 13.0. The lowest BCUT2D eigenvalue weighted by Crippen LogP contribution is -2.36. The fourth-order valence-electron chi connectivity index (χ4n) is 4.05. The predicted molar refractivity (Wildman–Crippen MR) is 106 cm³/mol. The Morgan fingerprint density at radius 3 is 2.75 bits per heavy atom. The molecule has 2 aromatic carbocycles. The number of furan rings is 1. The van der Waals surface area contributed by atoms with Crippen LogP contribution in [0.4, 0.5) is 0 Å². The lowest BCUT2D eigenvalue weighted by atomic mass is 10.0. The number of fused-ring (bicyclic) bond motifs is 3. The summed E-state index contributed by atoms with van der Waals surface area (Å²) in [5.41, 5.74) is 2.15. The molecule has 0 N–H and O–H groups in total. The molecule has 1 saturated heterocycles. The van der Waals surface area contributed by atoms with Gasteiger partial charge in [-0.25, -0.2) is 4.98 Å². The normalized spacial score (nSPS) is 16.9. The zero-order chi connectivity index (χ0) is 19.1. The second-order valence-electron chi connectivity index (χ2n) is 7.11. The standard InChI is InChI=1S/C22H19N3O3/c26-19(25-12-6-10-17(25)15-7-2-1-3-8-15)13-24-14-23-20-16-9-4-5-11-18(16)28-21(20)22(24)27/h1-5,7-9,11,14,17H,6,10,12-13H2. The summed E-state index contributed by atoms with van der Waals surface area (Å²) in [6.45, 7) is 0.662. The SMILES string of the molecule is O=C(Cn1cnc2c(oc3ccccc32)c1=O)N1CCCC1c1ccccc1. The van der Waals surface area contributed by atoms with Crippen molar-refractivity contribution in [2.75, 3.05) is 6.54 Å². The van der Waals surface area contributed by atoms with Crippen molar-refractivity contribution in [3.8, 4) is 0 Å². The van der Waals surface area contributed by atoms with Crippen molar-refractivity contribution in [1.82, 2.24) is 14.5 Å². The highest BCUT2D eigenvalue weighted by molar-refractivity contribution is 6.01. The molecule has 28 heavy (non-hydrogen) atoms. The van der Waals surface area contributed by atoms with Crippen molar-refractivity contribution >= 4 is 28.0 Å². The van der Waals surface area contributed by atoms with Gasteiger partial charge in [0, 0.05) is 11.9 Å². The quantitative estimate of drug-likeness (QED) is 0.551. The lowest BCUT2D eigenvalue weighted by molar-refractivity contribution is -0.132. The number of rotatable bonds is 3. The first-order valence-electron chi connectivity index (χ1n) is 9.43. The van der Waals surface area contributed by atoms with Crippen LogP contribution < -0.4 is 5.56 Å². The number of aromatic nitrogens is 2. The molecule has 2 aromatic heterocycles. The Bertz CT molecular complexity index is 1230. The molecule has 4 aromatic rings. The van der Waals surface area contributed by atoms with Crippen molar-refractivity contribution < 1.29 is 9.21 Å². The van der Waals surface area contributed by atoms with Gasteiger partial charge in [0.15, 0.2) is 0 Å². The van der Waals surface area contributed by atoms with Crippen molar-refractivity contribution in [3.05, 3.63) is 76.8 Å². The van der Waals surface area contributed by atoms with Gasteiger partial charge in [0.25, 0.3) is 5.56 Å². The summed E-state index contributed by atoms with van der Waals surface area (Å²) in [5.74, 6) is -0.0780. The van der Waals surface area contributed by atoms with Crippen LogP contribution >= 0.6 is 0 Å². The molecule has 0 saturated carbocycles. The van der Waals surface area contributed by atoms with Crippen LogP contribution in [0.3, 0.4) is 0 Å². The summed E-state index contributed by atoms with van der Waals surface area (Å²) in [5, 5.41) is 0.803. The van der Waals surface area contributed by atoms with Crippen LogP contribution in [0.5, 0.6) is 0 Å².